The Hall–Kier alpha value is 0.550. The van der Waals surface area contributed by atoms with E-state index in [4.69, 9.17) is 11.6 Å². The Morgan fingerprint density at radius 3 is 2.56 bits per heavy atom. The molecule has 0 bridgehead atoms. The van der Waals surface area contributed by atoms with Gasteiger partial charge in [0.05, 0.1) is 5.75 Å². The number of alkyl halides is 1. The molecule has 0 aliphatic heterocycles. The Labute approximate surface area is 109 Å². The lowest BCUT2D eigenvalue weighted by atomic mass is 10.2. The van der Waals surface area contributed by atoms with Crippen LogP contribution >= 0.6 is 23.4 Å². The minimum absolute atomic E-state index is 0.00987. The molecule has 0 aromatic carbocycles. The van der Waals surface area contributed by atoms with Crippen molar-refractivity contribution in [2.24, 2.45) is 5.92 Å². The number of unbranched alkanes of at least 4 members (excludes halogenated alkanes) is 2. The van der Waals surface area contributed by atoms with E-state index in [2.05, 4.69) is 11.0 Å². The minimum atomic E-state index is -3.13. The monoisotopic (exact) mass is 287 g/mol. The van der Waals surface area contributed by atoms with Crippen LogP contribution in [0, 0.1) is 5.92 Å². The van der Waals surface area contributed by atoms with Crippen LogP contribution in [0.1, 0.15) is 26.2 Å². The predicted octanol–water partition coefficient (Wildman–Crippen LogP) is 2.31. The van der Waals surface area contributed by atoms with Crippen molar-refractivity contribution in [2.75, 3.05) is 30.2 Å². The van der Waals surface area contributed by atoms with E-state index in [0.29, 0.717) is 12.4 Å². The van der Waals surface area contributed by atoms with E-state index in [1.165, 1.54) is 0 Å². The zero-order valence-electron chi connectivity index (χ0n) is 10.0. The Kier molecular flexibility index (Phi) is 9.90. The van der Waals surface area contributed by atoms with E-state index in [0.717, 1.165) is 25.0 Å². The van der Waals surface area contributed by atoms with Crippen LogP contribution < -0.4 is 4.72 Å². The summed E-state index contributed by atoms with van der Waals surface area (Å²) < 4.78 is 25.6. The van der Waals surface area contributed by atoms with Crippen LogP contribution in [0.25, 0.3) is 0 Å². The summed E-state index contributed by atoms with van der Waals surface area (Å²) in [6, 6.07) is 0. The van der Waals surface area contributed by atoms with E-state index in [9.17, 15) is 8.42 Å². The van der Waals surface area contributed by atoms with Gasteiger partial charge in [0.15, 0.2) is 0 Å². The summed E-state index contributed by atoms with van der Waals surface area (Å²) in [5, 5.41) is 0. The van der Waals surface area contributed by atoms with Gasteiger partial charge in [0.25, 0.3) is 0 Å². The Morgan fingerprint density at radius 1 is 1.31 bits per heavy atom. The first-order valence-corrected chi connectivity index (χ1v) is 9.12. The van der Waals surface area contributed by atoms with Crippen LogP contribution in [0.4, 0.5) is 0 Å². The molecule has 98 valence electrons. The molecule has 0 saturated carbocycles. The fourth-order valence-corrected chi connectivity index (χ4v) is 3.43. The van der Waals surface area contributed by atoms with Gasteiger partial charge < -0.3 is 0 Å². The molecule has 1 N–H and O–H groups in total. The van der Waals surface area contributed by atoms with E-state index < -0.39 is 10.0 Å². The quantitative estimate of drug-likeness (QED) is 0.495. The summed E-state index contributed by atoms with van der Waals surface area (Å²) in [4.78, 5) is 0. The fraction of sp³-hybridized carbons (Fsp3) is 1.00. The van der Waals surface area contributed by atoms with Gasteiger partial charge in [-0.15, -0.1) is 11.6 Å². The minimum Gasteiger partial charge on any atom is -0.215 e. The second kappa shape index (κ2) is 9.57. The van der Waals surface area contributed by atoms with Gasteiger partial charge in [0, 0.05) is 12.4 Å². The number of rotatable bonds is 10. The molecule has 0 fully saturated rings. The van der Waals surface area contributed by atoms with Crippen LogP contribution in [0.5, 0.6) is 0 Å². The zero-order chi connectivity index (χ0) is 12.4. The third-order valence-corrected chi connectivity index (χ3v) is 4.99. The second-order valence-electron chi connectivity index (χ2n) is 3.99. The number of sulfonamides is 1. The number of hydrogen-bond acceptors (Lipinski definition) is 3. The summed E-state index contributed by atoms with van der Waals surface area (Å²) in [7, 11) is -3.13. The highest BCUT2D eigenvalue weighted by atomic mass is 35.5. The van der Waals surface area contributed by atoms with Crippen molar-refractivity contribution in [2.45, 2.75) is 26.2 Å². The van der Waals surface area contributed by atoms with Gasteiger partial charge in [0.2, 0.25) is 10.0 Å². The lowest BCUT2D eigenvalue weighted by molar-refractivity contribution is 0.564. The standard InChI is InChI=1S/C10H22ClNO2S2/c1-10(8-11)9-16(13,14)12-6-4-3-5-7-15-2/h10,12H,3-9H2,1-2H3. The Morgan fingerprint density at radius 2 is 2.00 bits per heavy atom. The molecule has 0 amide bonds. The van der Waals surface area contributed by atoms with Gasteiger partial charge in [-0.3, -0.25) is 0 Å². The predicted molar refractivity (Wildman–Crippen MR) is 73.9 cm³/mol. The largest absolute Gasteiger partial charge is 0.215 e. The van der Waals surface area contributed by atoms with Crippen LogP contribution in [-0.4, -0.2) is 38.6 Å². The Bertz CT molecular complexity index is 258. The SMILES string of the molecule is CSCCCCCNS(=O)(=O)CC(C)CCl. The highest BCUT2D eigenvalue weighted by molar-refractivity contribution is 7.98. The van der Waals surface area contributed by atoms with Gasteiger partial charge >= 0.3 is 0 Å². The molecular weight excluding hydrogens is 266 g/mol. The highest BCUT2D eigenvalue weighted by Crippen LogP contribution is 2.04. The fourth-order valence-electron chi connectivity index (χ4n) is 1.25. The molecule has 0 heterocycles. The maximum Gasteiger partial charge on any atom is 0.211 e. The summed E-state index contributed by atoms with van der Waals surface area (Å²) in [5.41, 5.74) is 0. The first kappa shape index (κ1) is 16.6. The number of thioether (sulfide) groups is 1. The summed E-state index contributed by atoms with van der Waals surface area (Å²) >= 11 is 7.41. The van der Waals surface area contributed by atoms with Gasteiger partial charge in [-0.1, -0.05) is 13.3 Å². The van der Waals surface area contributed by atoms with Crippen LogP contribution in [0.2, 0.25) is 0 Å². The Balaban J connectivity index is 3.59. The molecular formula is C10H22ClNO2S2. The number of nitrogens with one attached hydrogen (secondary N) is 1. The molecule has 0 rings (SSSR count). The van der Waals surface area contributed by atoms with Crippen molar-refractivity contribution in [1.82, 2.24) is 4.72 Å². The van der Waals surface area contributed by atoms with E-state index >= 15 is 0 Å². The maximum atomic E-state index is 11.5. The smallest absolute Gasteiger partial charge is 0.211 e. The van der Waals surface area contributed by atoms with Crippen LogP contribution in [0.3, 0.4) is 0 Å². The third-order valence-electron chi connectivity index (χ3n) is 2.11. The molecule has 16 heavy (non-hydrogen) atoms. The molecule has 0 aromatic heterocycles. The molecule has 0 aliphatic rings. The van der Waals surface area contributed by atoms with Crippen molar-refractivity contribution in [3.8, 4) is 0 Å². The number of hydrogen-bond donors (Lipinski definition) is 1. The summed E-state index contributed by atoms with van der Waals surface area (Å²) in [6.45, 7) is 2.39. The maximum absolute atomic E-state index is 11.5. The zero-order valence-corrected chi connectivity index (χ0v) is 12.4. The van der Waals surface area contributed by atoms with E-state index in [-0.39, 0.29) is 11.7 Å². The van der Waals surface area contributed by atoms with Crippen molar-refractivity contribution in [3.63, 3.8) is 0 Å². The summed E-state index contributed by atoms with van der Waals surface area (Å²) in [5.74, 6) is 1.67. The molecule has 0 radical (unpaired) electrons. The van der Waals surface area contributed by atoms with Crippen molar-refractivity contribution in [1.29, 1.82) is 0 Å². The molecule has 6 heteroatoms. The topological polar surface area (TPSA) is 46.2 Å². The first-order valence-electron chi connectivity index (χ1n) is 5.54. The average Bonchev–Trinajstić information content (AvgIpc) is 2.22. The van der Waals surface area contributed by atoms with Crippen LogP contribution in [0.15, 0.2) is 0 Å². The second-order valence-corrected chi connectivity index (χ2v) is 7.13. The number of halogens is 1. The molecule has 1 unspecified atom stereocenters. The van der Waals surface area contributed by atoms with Crippen molar-refractivity contribution in [3.05, 3.63) is 0 Å². The van der Waals surface area contributed by atoms with Crippen molar-refractivity contribution >= 4 is 33.4 Å². The van der Waals surface area contributed by atoms with Gasteiger partial charge in [0.1, 0.15) is 0 Å². The highest BCUT2D eigenvalue weighted by Gasteiger charge is 2.13. The van der Waals surface area contributed by atoms with E-state index in [1.54, 1.807) is 0 Å². The van der Waals surface area contributed by atoms with Crippen LogP contribution in [-0.2, 0) is 10.0 Å². The molecule has 1 atom stereocenters. The first-order chi connectivity index (χ1) is 7.52. The van der Waals surface area contributed by atoms with Gasteiger partial charge in [-0.25, -0.2) is 13.1 Å². The average molecular weight is 288 g/mol. The molecule has 3 nitrogen and oxygen atoms in total. The lowest BCUT2D eigenvalue weighted by Crippen LogP contribution is -2.30. The molecule has 0 aliphatic carbocycles. The molecule has 0 aromatic rings. The molecule has 0 saturated heterocycles. The lowest BCUT2D eigenvalue weighted by Gasteiger charge is -2.09. The van der Waals surface area contributed by atoms with E-state index in [1.807, 2.05) is 18.7 Å². The van der Waals surface area contributed by atoms with Gasteiger partial charge in [-0.2, -0.15) is 11.8 Å². The molecule has 0 spiro atoms. The third kappa shape index (κ3) is 9.75. The van der Waals surface area contributed by atoms with Crippen molar-refractivity contribution < 1.29 is 8.42 Å². The summed E-state index contributed by atoms with van der Waals surface area (Å²) in [6.07, 6.45) is 5.22. The van der Waals surface area contributed by atoms with Gasteiger partial charge in [-0.05, 0) is 30.8 Å². The normalized spacial score (nSPS) is 13.9.